The summed E-state index contributed by atoms with van der Waals surface area (Å²) in [4.78, 5) is 25.7. The lowest BCUT2D eigenvalue weighted by molar-refractivity contribution is 0.0920. The minimum Gasteiger partial charge on any atom is -0.347 e. The van der Waals surface area contributed by atoms with Crippen molar-refractivity contribution in [1.29, 1.82) is 0 Å². The minimum atomic E-state index is -3.94. The third-order valence-electron chi connectivity index (χ3n) is 5.41. The van der Waals surface area contributed by atoms with Crippen LogP contribution in [0.25, 0.3) is 0 Å². The van der Waals surface area contributed by atoms with E-state index in [0.29, 0.717) is 22.5 Å². The Labute approximate surface area is 207 Å². The van der Waals surface area contributed by atoms with E-state index in [0.717, 1.165) is 11.1 Å². The molecule has 0 aliphatic heterocycles. The lowest BCUT2D eigenvalue weighted by Crippen LogP contribution is -2.40. The van der Waals surface area contributed by atoms with E-state index in [1.807, 2.05) is 40.7 Å². The Bertz CT molecular complexity index is 1390. The Morgan fingerprint density at radius 2 is 1.43 bits per heavy atom. The van der Waals surface area contributed by atoms with Crippen molar-refractivity contribution in [3.8, 4) is 0 Å². The Morgan fingerprint density at radius 1 is 0.771 bits per heavy atom. The lowest BCUT2D eigenvalue weighted by atomic mass is 10.1. The molecular weight excluding hydrogens is 462 g/mol. The maximum absolute atomic E-state index is 13.1. The molecule has 0 heterocycles. The van der Waals surface area contributed by atoms with Gasteiger partial charge in [-0.15, -0.1) is 0 Å². The molecule has 0 spiro atoms. The molecule has 184 valence electrons. The van der Waals surface area contributed by atoms with Crippen LogP contribution >= 0.6 is 0 Å². The third kappa shape index (κ3) is 6.48. The minimum absolute atomic E-state index is 0.00198. The predicted octanol–water partition coefficient (Wildman–Crippen LogP) is 5.19. The molecule has 0 fully saturated rings. The van der Waals surface area contributed by atoms with Crippen LogP contribution in [-0.4, -0.2) is 25.8 Å². The highest BCUT2D eigenvalue weighted by atomic mass is 32.2. The summed E-state index contributed by atoms with van der Waals surface area (Å²) in [6.45, 7) is 11.1. The molecular formula is C27H31N3O4S. The summed E-state index contributed by atoms with van der Waals surface area (Å²) in [5.74, 6) is -0.846. The fraction of sp³-hybridized carbons (Fsp3) is 0.259. The van der Waals surface area contributed by atoms with Gasteiger partial charge in [-0.2, -0.15) is 0 Å². The van der Waals surface area contributed by atoms with E-state index in [4.69, 9.17) is 0 Å². The second-order valence-electron chi connectivity index (χ2n) is 9.59. The summed E-state index contributed by atoms with van der Waals surface area (Å²) in [5, 5.41) is 5.62. The smallest absolute Gasteiger partial charge is 0.262 e. The summed E-state index contributed by atoms with van der Waals surface area (Å²) < 4.78 is 28.9. The molecule has 3 N–H and O–H groups in total. The molecule has 0 aromatic heterocycles. The van der Waals surface area contributed by atoms with Crippen LogP contribution in [0.2, 0.25) is 0 Å². The second kappa shape index (κ2) is 9.92. The first-order chi connectivity index (χ1) is 16.3. The van der Waals surface area contributed by atoms with E-state index in [9.17, 15) is 18.0 Å². The van der Waals surface area contributed by atoms with Crippen molar-refractivity contribution in [3.05, 3.63) is 88.5 Å². The maximum atomic E-state index is 13.1. The molecule has 3 aromatic carbocycles. The first-order valence-corrected chi connectivity index (χ1v) is 12.7. The van der Waals surface area contributed by atoms with E-state index in [1.165, 1.54) is 6.07 Å². The molecule has 0 saturated carbocycles. The topological polar surface area (TPSA) is 104 Å². The van der Waals surface area contributed by atoms with E-state index >= 15 is 0 Å². The van der Waals surface area contributed by atoms with Gasteiger partial charge in [0.15, 0.2) is 0 Å². The van der Waals surface area contributed by atoms with Crippen molar-refractivity contribution >= 4 is 33.2 Å². The van der Waals surface area contributed by atoms with Crippen molar-refractivity contribution in [1.82, 2.24) is 5.32 Å². The number of sulfonamides is 1. The highest BCUT2D eigenvalue weighted by Gasteiger charge is 2.22. The first-order valence-electron chi connectivity index (χ1n) is 11.2. The van der Waals surface area contributed by atoms with Crippen molar-refractivity contribution in [3.63, 3.8) is 0 Å². The van der Waals surface area contributed by atoms with Crippen LogP contribution in [0.4, 0.5) is 11.4 Å². The molecule has 0 bridgehead atoms. The first kappa shape index (κ1) is 26.0. The average Bonchev–Trinajstić information content (AvgIpc) is 2.75. The van der Waals surface area contributed by atoms with Crippen molar-refractivity contribution < 1.29 is 18.0 Å². The van der Waals surface area contributed by atoms with Gasteiger partial charge in [0, 0.05) is 16.8 Å². The number of rotatable bonds is 6. The normalized spacial score (nSPS) is 11.6. The highest BCUT2D eigenvalue weighted by Crippen LogP contribution is 2.24. The SMILES string of the molecule is Cc1ccc(NS(=O)(=O)c2cc(C(=O)Nc3ccccc3C(=O)NC(C)(C)C)ccc2C)cc1C. The monoisotopic (exact) mass is 493 g/mol. The zero-order chi connectivity index (χ0) is 26.0. The highest BCUT2D eigenvalue weighted by molar-refractivity contribution is 7.92. The predicted molar refractivity (Wildman–Crippen MR) is 140 cm³/mol. The zero-order valence-electron chi connectivity index (χ0n) is 20.8. The molecule has 0 radical (unpaired) electrons. The Morgan fingerprint density at radius 3 is 2.09 bits per heavy atom. The van der Waals surface area contributed by atoms with Gasteiger partial charge in [-0.05, 0) is 94.6 Å². The second-order valence-corrected chi connectivity index (χ2v) is 11.2. The van der Waals surface area contributed by atoms with Crippen LogP contribution in [0.15, 0.2) is 65.6 Å². The Hall–Kier alpha value is -3.65. The molecule has 0 atom stereocenters. The number of amides is 2. The Balaban J connectivity index is 1.88. The lowest BCUT2D eigenvalue weighted by Gasteiger charge is -2.21. The van der Waals surface area contributed by atoms with Crippen LogP contribution < -0.4 is 15.4 Å². The zero-order valence-corrected chi connectivity index (χ0v) is 21.6. The molecule has 8 heteroatoms. The summed E-state index contributed by atoms with van der Waals surface area (Å²) in [5.41, 5.74) is 3.32. The third-order valence-corrected chi connectivity index (χ3v) is 6.93. The van der Waals surface area contributed by atoms with Gasteiger partial charge in [-0.3, -0.25) is 14.3 Å². The van der Waals surface area contributed by atoms with E-state index in [1.54, 1.807) is 55.5 Å². The largest absolute Gasteiger partial charge is 0.347 e. The molecule has 35 heavy (non-hydrogen) atoms. The molecule has 0 unspecified atom stereocenters. The maximum Gasteiger partial charge on any atom is 0.262 e. The summed E-state index contributed by atoms with van der Waals surface area (Å²) in [7, 11) is -3.94. The van der Waals surface area contributed by atoms with Crippen LogP contribution in [0, 0.1) is 20.8 Å². The number of hydrogen-bond donors (Lipinski definition) is 3. The van der Waals surface area contributed by atoms with Gasteiger partial charge in [0.05, 0.1) is 16.1 Å². The van der Waals surface area contributed by atoms with Gasteiger partial charge >= 0.3 is 0 Å². The average molecular weight is 494 g/mol. The summed E-state index contributed by atoms with van der Waals surface area (Å²) in [6, 6.07) is 16.5. The van der Waals surface area contributed by atoms with E-state index in [2.05, 4.69) is 15.4 Å². The van der Waals surface area contributed by atoms with Crippen molar-refractivity contribution in [2.45, 2.75) is 52.0 Å². The number of nitrogens with one attached hydrogen (secondary N) is 3. The fourth-order valence-corrected chi connectivity index (χ4v) is 4.76. The standard InChI is InChI=1S/C27H31N3O4S/c1-17-12-14-21(15-19(17)3)30-35(33,34)24-16-20(13-11-18(24)2)25(31)28-23-10-8-7-9-22(23)26(32)29-27(4,5)6/h7-16,30H,1-6H3,(H,28,31)(H,29,32). The molecule has 0 aliphatic rings. The van der Waals surface area contributed by atoms with Gasteiger partial charge in [-0.1, -0.05) is 24.3 Å². The summed E-state index contributed by atoms with van der Waals surface area (Å²) >= 11 is 0. The molecule has 0 saturated heterocycles. The van der Waals surface area contributed by atoms with Crippen LogP contribution in [0.3, 0.4) is 0 Å². The number of para-hydroxylation sites is 1. The van der Waals surface area contributed by atoms with E-state index in [-0.39, 0.29) is 16.4 Å². The van der Waals surface area contributed by atoms with E-state index < -0.39 is 21.5 Å². The van der Waals surface area contributed by atoms with Gasteiger partial charge in [0.2, 0.25) is 0 Å². The number of benzene rings is 3. The number of carbonyl (C=O) groups is 2. The number of carbonyl (C=O) groups excluding carboxylic acids is 2. The van der Waals surface area contributed by atoms with Crippen LogP contribution in [-0.2, 0) is 10.0 Å². The number of aryl methyl sites for hydroxylation is 3. The van der Waals surface area contributed by atoms with Crippen molar-refractivity contribution in [2.75, 3.05) is 10.0 Å². The van der Waals surface area contributed by atoms with Gasteiger partial charge in [0.1, 0.15) is 0 Å². The molecule has 7 nitrogen and oxygen atoms in total. The quantitative estimate of drug-likeness (QED) is 0.439. The fourth-order valence-electron chi connectivity index (χ4n) is 3.44. The van der Waals surface area contributed by atoms with Crippen molar-refractivity contribution in [2.24, 2.45) is 0 Å². The molecule has 3 aromatic rings. The molecule has 3 rings (SSSR count). The van der Waals surface area contributed by atoms with Crippen LogP contribution in [0.1, 0.15) is 58.2 Å². The molecule has 0 aliphatic carbocycles. The number of hydrogen-bond acceptors (Lipinski definition) is 4. The molecule has 2 amide bonds. The number of anilines is 2. The van der Waals surface area contributed by atoms with Crippen LogP contribution in [0.5, 0.6) is 0 Å². The van der Waals surface area contributed by atoms with Gasteiger partial charge in [-0.25, -0.2) is 8.42 Å². The summed E-state index contributed by atoms with van der Waals surface area (Å²) in [6.07, 6.45) is 0. The van der Waals surface area contributed by atoms with Gasteiger partial charge in [0.25, 0.3) is 21.8 Å². The van der Waals surface area contributed by atoms with Gasteiger partial charge < -0.3 is 10.6 Å². The Kier molecular flexibility index (Phi) is 7.36.